The van der Waals surface area contributed by atoms with Crippen molar-refractivity contribution < 1.29 is 19.1 Å². The molecule has 1 aliphatic heterocycles. The van der Waals surface area contributed by atoms with E-state index in [1.54, 1.807) is 35.2 Å². The third kappa shape index (κ3) is 5.13. The van der Waals surface area contributed by atoms with Gasteiger partial charge in [0.15, 0.2) is 0 Å². The minimum absolute atomic E-state index is 0.0595. The molecule has 1 aromatic heterocycles. The number of carbonyl (C=O) groups excluding carboxylic acids is 3. The van der Waals surface area contributed by atoms with Crippen LogP contribution in [0.4, 0.5) is 11.4 Å². The first-order valence-electron chi connectivity index (χ1n) is 8.95. The Morgan fingerprint density at radius 1 is 1.34 bits per heavy atom. The fourth-order valence-electron chi connectivity index (χ4n) is 2.94. The molecule has 1 aliphatic rings. The Balaban J connectivity index is 1.66. The van der Waals surface area contributed by atoms with Gasteiger partial charge in [0.1, 0.15) is 12.6 Å². The summed E-state index contributed by atoms with van der Waals surface area (Å²) >= 11 is 6.96. The van der Waals surface area contributed by atoms with Crippen LogP contribution in [0.1, 0.15) is 15.2 Å². The lowest BCUT2D eigenvalue weighted by molar-refractivity contribution is -0.125. The maximum absolute atomic E-state index is 12.6. The van der Waals surface area contributed by atoms with Crippen molar-refractivity contribution in [1.82, 2.24) is 5.32 Å². The largest absolute Gasteiger partial charge is 0.370 e. The zero-order valence-corrected chi connectivity index (χ0v) is 17.3. The van der Waals surface area contributed by atoms with Crippen LogP contribution in [0.3, 0.4) is 0 Å². The molecule has 0 saturated carbocycles. The first-order valence-corrected chi connectivity index (χ1v) is 10.1. The van der Waals surface area contributed by atoms with E-state index in [0.717, 1.165) is 22.6 Å². The number of carbonyl (C=O) groups is 3. The number of hydrogen-bond acceptors (Lipinski definition) is 6. The van der Waals surface area contributed by atoms with Gasteiger partial charge < -0.3 is 26.0 Å². The Morgan fingerprint density at radius 3 is 2.76 bits per heavy atom. The Hall–Kier alpha value is -2.46. The maximum atomic E-state index is 12.6. The first-order chi connectivity index (χ1) is 13.9. The molecule has 10 heteroatoms. The van der Waals surface area contributed by atoms with Gasteiger partial charge in [0.25, 0.3) is 11.8 Å². The van der Waals surface area contributed by atoms with E-state index in [0.29, 0.717) is 28.1 Å². The first kappa shape index (κ1) is 21.3. The predicted octanol–water partition coefficient (Wildman–Crippen LogP) is 1.77. The zero-order valence-electron chi connectivity index (χ0n) is 15.7. The molecule has 0 unspecified atom stereocenters. The second-order valence-corrected chi connectivity index (χ2v) is 8.17. The third-order valence-electron chi connectivity index (χ3n) is 4.40. The van der Waals surface area contributed by atoms with Gasteiger partial charge in [-0.05, 0) is 42.8 Å². The SMILES string of the molecule is Cc1cc(NC(=O)[C@@H](CN)NC(=O)c2ccc(Cl)s2)ccc1N1CCOCC1=O. The van der Waals surface area contributed by atoms with E-state index in [-0.39, 0.29) is 19.1 Å². The molecule has 29 heavy (non-hydrogen) atoms. The van der Waals surface area contributed by atoms with Crippen LogP contribution in [0.2, 0.25) is 4.34 Å². The van der Waals surface area contributed by atoms with Crippen molar-refractivity contribution in [2.45, 2.75) is 13.0 Å². The lowest BCUT2D eigenvalue weighted by Crippen LogP contribution is -2.48. The number of ether oxygens (including phenoxy) is 1. The molecule has 8 nitrogen and oxygen atoms in total. The normalized spacial score (nSPS) is 15.1. The van der Waals surface area contributed by atoms with Crippen molar-refractivity contribution >= 4 is 52.0 Å². The molecule has 1 saturated heterocycles. The van der Waals surface area contributed by atoms with Gasteiger partial charge in [-0.1, -0.05) is 11.6 Å². The van der Waals surface area contributed by atoms with Gasteiger partial charge in [0.05, 0.1) is 15.8 Å². The number of anilines is 2. The van der Waals surface area contributed by atoms with E-state index >= 15 is 0 Å². The summed E-state index contributed by atoms with van der Waals surface area (Å²) in [4.78, 5) is 38.9. The Kier molecular flexibility index (Phi) is 6.86. The molecule has 4 N–H and O–H groups in total. The quantitative estimate of drug-likeness (QED) is 0.638. The van der Waals surface area contributed by atoms with E-state index in [2.05, 4.69) is 10.6 Å². The average Bonchev–Trinajstić information content (AvgIpc) is 3.13. The summed E-state index contributed by atoms with van der Waals surface area (Å²) in [6.07, 6.45) is 0. The van der Waals surface area contributed by atoms with Crippen molar-refractivity contribution in [3.8, 4) is 0 Å². The molecular formula is C19H21ClN4O4S. The minimum atomic E-state index is -0.899. The molecule has 3 amide bonds. The van der Waals surface area contributed by atoms with Crippen LogP contribution in [-0.2, 0) is 14.3 Å². The lowest BCUT2D eigenvalue weighted by Gasteiger charge is -2.28. The molecule has 154 valence electrons. The van der Waals surface area contributed by atoms with Gasteiger partial charge in [-0.2, -0.15) is 0 Å². The highest BCUT2D eigenvalue weighted by atomic mass is 35.5. The van der Waals surface area contributed by atoms with Crippen LogP contribution in [0.25, 0.3) is 0 Å². The molecule has 2 aromatic rings. The minimum Gasteiger partial charge on any atom is -0.370 e. The molecule has 1 aromatic carbocycles. The number of rotatable bonds is 6. The summed E-state index contributed by atoms with van der Waals surface area (Å²) in [5.41, 5.74) is 7.82. The number of nitrogens with two attached hydrogens (primary N) is 1. The molecule has 0 bridgehead atoms. The number of amides is 3. The molecule has 1 atom stereocenters. The molecule has 0 aliphatic carbocycles. The third-order valence-corrected chi connectivity index (χ3v) is 5.63. The van der Waals surface area contributed by atoms with E-state index in [1.165, 1.54) is 0 Å². The Labute approximate surface area is 177 Å². The number of benzene rings is 1. The second kappa shape index (κ2) is 9.36. The van der Waals surface area contributed by atoms with E-state index < -0.39 is 17.9 Å². The van der Waals surface area contributed by atoms with Crippen LogP contribution in [0.5, 0.6) is 0 Å². The number of aryl methyl sites for hydroxylation is 1. The Morgan fingerprint density at radius 2 is 2.14 bits per heavy atom. The molecule has 2 heterocycles. The van der Waals surface area contributed by atoms with Gasteiger partial charge in [0, 0.05) is 24.5 Å². The summed E-state index contributed by atoms with van der Waals surface area (Å²) in [5.74, 6) is -0.946. The van der Waals surface area contributed by atoms with Crippen molar-refractivity contribution in [2.75, 3.05) is 36.5 Å². The smallest absolute Gasteiger partial charge is 0.262 e. The number of halogens is 1. The lowest BCUT2D eigenvalue weighted by atomic mass is 10.1. The van der Waals surface area contributed by atoms with Crippen LogP contribution < -0.4 is 21.3 Å². The summed E-state index contributed by atoms with van der Waals surface area (Å²) < 4.78 is 5.64. The van der Waals surface area contributed by atoms with E-state index in [9.17, 15) is 14.4 Å². The Bertz CT molecular complexity index is 933. The van der Waals surface area contributed by atoms with E-state index in [4.69, 9.17) is 22.1 Å². The molecule has 3 rings (SSSR count). The fraction of sp³-hybridized carbons (Fsp3) is 0.316. The molecular weight excluding hydrogens is 416 g/mol. The monoisotopic (exact) mass is 436 g/mol. The van der Waals surface area contributed by atoms with Crippen LogP contribution in [-0.4, -0.2) is 50.1 Å². The molecule has 0 spiro atoms. The second-order valence-electron chi connectivity index (χ2n) is 6.45. The van der Waals surface area contributed by atoms with Crippen LogP contribution >= 0.6 is 22.9 Å². The number of nitrogens with zero attached hydrogens (tertiary/aromatic N) is 1. The summed E-state index contributed by atoms with van der Waals surface area (Å²) in [5, 5.41) is 5.36. The number of nitrogens with one attached hydrogen (secondary N) is 2. The number of thiophene rings is 1. The van der Waals surface area contributed by atoms with E-state index in [1.807, 2.05) is 6.92 Å². The van der Waals surface area contributed by atoms with Crippen molar-refractivity contribution in [1.29, 1.82) is 0 Å². The van der Waals surface area contributed by atoms with Gasteiger partial charge >= 0.3 is 0 Å². The number of morpholine rings is 1. The average molecular weight is 437 g/mol. The number of hydrogen-bond donors (Lipinski definition) is 3. The summed E-state index contributed by atoms with van der Waals surface area (Å²) in [7, 11) is 0. The topological polar surface area (TPSA) is 114 Å². The highest BCUT2D eigenvalue weighted by molar-refractivity contribution is 7.18. The van der Waals surface area contributed by atoms with Gasteiger partial charge in [-0.15, -0.1) is 11.3 Å². The standard InChI is InChI=1S/C19H21ClN4O4S/c1-11-8-12(2-3-14(11)24-6-7-28-10-17(24)25)22-18(26)13(9-21)23-19(27)15-4-5-16(20)29-15/h2-5,8,13H,6-7,9-10,21H2,1H3,(H,22,26)(H,23,27)/t13-/m1/s1. The summed E-state index contributed by atoms with van der Waals surface area (Å²) in [6, 6.07) is 7.55. The van der Waals surface area contributed by atoms with Crippen molar-refractivity contribution in [2.24, 2.45) is 5.73 Å². The molecule has 0 radical (unpaired) electrons. The molecule has 1 fully saturated rings. The zero-order chi connectivity index (χ0) is 21.0. The van der Waals surface area contributed by atoms with Crippen LogP contribution in [0, 0.1) is 6.92 Å². The van der Waals surface area contributed by atoms with Gasteiger partial charge in [-0.25, -0.2) is 0 Å². The van der Waals surface area contributed by atoms with Crippen LogP contribution in [0.15, 0.2) is 30.3 Å². The summed E-state index contributed by atoms with van der Waals surface area (Å²) in [6.45, 7) is 2.83. The maximum Gasteiger partial charge on any atom is 0.262 e. The predicted molar refractivity (Wildman–Crippen MR) is 113 cm³/mol. The highest BCUT2D eigenvalue weighted by Crippen LogP contribution is 2.25. The fourth-order valence-corrected chi connectivity index (χ4v) is 3.88. The highest BCUT2D eigenvalue weighted by Gasteiger charge is 2.23. The van der Waals surface area contributed by atoms with Gasteiger partial charge in [0.2, 0.25) is 5.91 Å². The van der Waals surface area contributed by atoms with Crippen molar-refractivity contribution in [3.63, 3.8) is 0 Å². The van der Waals surface area contributed by atoms with Crippen molar-refractivity contribution in [3.05, 3.63) is 45.1 Å². The van der Waals surface area contributed by atoms with Gasteiger partial charge in [-0.3, -0.25) is 14.4 Å².